The van der Waals surface area contributed by atoms with E-state index in [-0.39, 0.29) is 0 Å². The van der Waals surface area contributed by atoms with Crippen LogP contribution in [-0.2, 0) is 27.3 Å². The summed E-state index contributed by atoms with van der Waals surface area (Å²) < 4.78 is 1.48. The molecule has 0 fully saturated rings. The molecule has 0 spiro atoms. The average Bonchev–Trinajstić information content (AvgIpc) is 3.69. The summed E-state index contributed by atoms with van der Waals surface area (Å²) in [6.45, 7) is 13.6. The number of benzene rings is 2. The van der Waals surface area contributed by atoms with Crippen molar-refractivity contribution >= 4 is 11.4 Å². The fraction of sp³-hybridized carbons (Fsp3) is 0.728. The summed E-state index contributed by atoms with van der Waals surface area (Å²) >= 11 is 1.32. The van der Waals surface area contributed by atoms with Crippen molar-refractivity contribution in [3.8, 4) is 33.5 Å². The van der Waals surface area contributed by atoms with Crippen LogP contribution in [0.3, 0.4) is 0 Å². The van der Waals surface area contributed by atoms with Crippen molar-refractivity contribution in [1.29, 1.82) is 0 Å². The van der Waals surface area contributed by atoms with E-state index < -0.39 is 0 Å². The van der Waals surface area contributed by atoms with Gasteiger partial charge >= 0.3 is 164 Å². The standard InChI is InChI=1S/C45H66N2.2C18H33.Ni/c1-5-9-13-14-15-16-17-18-19-20-21-22-23-24-25-35-43-42(34-12-8-4)44(40-32-26-30-38(36-40)28-10-6-2)47(46)45(43)41-33-27-31-39(37-41)29-11-7-3;2*1-3-5-7-9-11-13-15-17-18-16-14-12-10-8-6-4-2;/h26-27,30-33,36-37H,5-24,28-29,34H2,1-4H3;2*3,5-18H2,1H3;. The van der Waals surface area contributed by atoms with Gasteiger partial charge in [0.25, 0.3) is 0 Å². The summed E-state index contributed by atoms with van der Waals surface area (Å²) in [4.78, 5) is 6.40. The Morgan fingerprint density at radius 1 is 0.321 bits per heavy atom. The van der Waals surface area contributed by atoms with Crippen LogP contribution in [0.25, 0.3) is 16.9 Å². The zero-order chi connectivity index (χ0) is 60.3. The third-order valence-corrected chi connectivity index (χ3v) is 17.8. The minimum Gasteiger partial charge on any atom is -0.0654 e. The van der Waals surface area contributed by atoms with Crippen molar-refractivity contribution in [2.24, 2.45) is 0 Å². The molecule has 0 aliphatic carbocycles. The first-order valence-corrected chi connectivity index (χ1v) is 37.7. The Morgan fingerprint density at radius 2 is 0.607 bits per heavy atom. The number of nitrogens with zero attached hydrogens (tertiary/aromatic N) is 2. The summed E-state index contributed by atoms with van der Waals surface area (Å²) in [5, 5.41) is 0. The molecular weight excluding hydrogens is 1060 g/mol. The molecule has 0 N–H and O–H groups in total. The fourth-order valence-corrected chi connectivity index (χ4v) is 12.2. The average molecular weight is 1190 g/mol. The van der Waals surface area contributed by atoms with Crippen molar-refractivity contribution in [3.05, 3.63) is 87.5 Å². The van der Waals surface area contributed by atoms with Gasteiger partial charge in [0, 0.05) is 23.1 Å². The molecule has 2 aromatic rings. The number of aryl methyl sites for hydroxylation is 2. The van der Waals surface area contributed by atoms with E-state index in [0.717, 1.165) is 85.9 Å². The predicted octanol–water partition coefficient (Wildman–Crippen LogP) is 27.0. The molecule has 0 saturated carbocycles. The molecule has 84 heavy (non-hydrogen) atoms. The number of hydrogen-bond acceptors (Lipinski definition) is 0. The van der Waals surface area contributed by atoms with E-state index in [4.69, 9.17) is 0 Å². The third kappa shape index (κ3) is 41.0. The van der Waals surface area contributed by atoms with Gasteiger partial charge in [-0.1, -0.05) is 238 Å². The van der Waals surface area contributed by atoms with Crippen molar-refractivity contribution in [2.75, 3.05) is 0 Å². The summed E-state index contributed by atoms with van der Waals surface area (Å²) in [6, 6.07) is 17.6. The van der Waals surface area contributed by atoms with Crippen molar-refractivity contribution in [1.82, 2.24) is 0 Å². The van der Waals surface area contributed by atoms with Gasteiger partial charge in [-0.05, 0) is 80.3 Å². The van der Waals surface area contributed by atoms with Gasteiger partial charge in [0.05, 0.1) is 0 Å². The van der Waals surface area contributed by atoms with Crippen molar-refractivity contribution in [2.45, 2.75) is 382 Å². The topological polar surface area (TPSA) is 25.3 Å². The molecule has 0 amide bonds. The van der Waals surface area contributed by atoms with Gasteiger partial charge in [-0.2, -0.15) is 0 Å². The molecule has 0 unspecified atom stereocenters. The van der Waals surface area contributed by atoms with Gasteiger partial charge < -0.3 is 5.53 Å². The maximum atomic E-state index is 12.0. The number of rotatable bonds is 52. The Hall–Kier alpha value is -3.31. The van der Waals surface area contributed by atoms with E-state index in [1.165, 1.54) is 318 Å². The van der Waals surface area contributed by atoms with Crippen LogP contribution in [0.2, 0.25) is 0 Å². The molecule has 3 rings (SSSR count). The van der Waals surface area contributed by atoms with Gasteiger partial charge in [-0.3, -0.25) is 0 Å². The smallest absolute Gasteiger partial charge is 0.0654 e. The second-order valence-corrected chi connectivity index (χ2v) is 25.9. The van der Waals surface area contributed by atoms with Crippen LogP contribution in [0.5, 0.6) is 0 Å². The first kappa shape index (κ1) is 76.8. The second kappa shape index (κ2) is 58.7. The minimum atomic E-state index is 0.862. The molecule has 0 bridgehead atoms. The normalized spacial score (nSPS) is 12.0. The van der Waals surface area contributed by atoms with Crippen LogP contribution in [0.15, 0.2) is 59.7 Å². The molecular formula is C81H132N2Ni. The van der Waals surface area contributed by atoms with Gasteiger partial charge in [-0.15, -0.1) is 0 Å². The molecule has 2 aromatic carbocycles. The summed E-state index contributed by atoms with van der Waals surface area (Å²) in [5.41, 5.74) is 20.9. The zero-order valence-corrected chi connectivity index (χ0v) is 57.3. The van der Waals surface area contributed by atoms with Crippen LogP contribution < -0.4 is 0 Å². The first-order chi connectivity index (χ1) is 41.6. The van der Waals surface area contributed by atoms with Crippen LogP contribution in [0.4, 0.5) is 0 Å². The Bertz CT molecular complexity index is 2090. The monoisotopic (exact) mass is 1190 g/mol. The van der Waals surface area contributed by atoms with E-state index >= 15 is 0 Å². The molecule has 0 aromatic heterocycles. The SMILES string of the molecule is CCCCCCCCCCCCCCCC#CC1=C(c2cccc(CCCC)c2)[N+](=[N-])C(c2cccc(CCCC)c2)=C1CCCC.CCCCCCCCCCCCCCCCC#[C][Ni][C]#CCCCCCCCCCCCCCCCC. The molecule has 1 heterocycles. The van der Waals surface area contributed by atoms with Crippen LogP contribution >= 0.6 is 0 Å². The van der Waals surface area contributed by atoms with Crippen LogP contribution in [0, 0.1) is 33.5 Å². The summed E-state index contributed by atoms with van der Waals surface area (Å²) in [7, 11) is 0. The fourth-order valence-electron chi connectivity index (χ4n) is 11.8. The predicted molar refractivity (Wildman–Crippen MR) is 371 cm³/mol. The summed E-state index contributed by atoms with van der Waals surface area (Å²) in [5.74, 6) is 13.8. The Labute approximate surface area is 530 Å². The van der Waals surface area contributed by atoms with Crippen LogP contribution in [-0.4, -0.2) is 4.70 Å². The van der Waals surface area contributed by atoms with Gasteiger partial charge in [0.15, 0.2) is 0 Å². The summed E-state index contributed by atoms with van der Waals surface area (Å²) in [6.07, 6.45) is 70.4. The molecule has 0 saturated heterocycles. The van der Waals surface area contributed by atoms with Crippen LogP contribution in [0.1, 0.15) is 391 Å². The minimum absolute atomic E-state index is 0.862. The molecule has 1 aliphatic heterocycles. The Balaban J connectivity index is 0.000000592. The van der Waals surface area contributed by atoms with E-state index in [9.17, 15) is 5.53 Å². The van der Waals surface area contributed by atoms with Gasteiger partial charge in [-0.25, -0.2) is 4.70 Å². The number of allylic oxidation sites excluding steroid dienone is 2. The molecule has 3 heteroatoms. The first-order valence-electron chi connectivity index (χ1n) is 36.7. The maximum absolute atomic E-state index is 12.0. The Kier molecular flexibility index (Phi) is 53.7. The zero-order valence-electron chi connectivity index (χ0n) is 56.3. The third-order valence-electron chi connectivity index (χ3n) is 17.2. The molecule has 2 nitrogen and oxygen atoms in total. The van der Waals surface area contributed by atoms with E-state index in [1.54, 1.807) is 0 Å². The molecule has 476 valence electrons. The van der Waals surface area contributed by atoms with Gasteiger partial charge in [0.1, 0.15) is 5.57 Å². The molecule has 0 atom stereocenters. The van der Waals surface area contributed by atoms with Gasteiger partial charge in [0.2, 0.25) is 11.4 Å². The number of unbranched alkanes of at least 4 members (excludes halogenated alkanes) is 44. The Morgan fingerprint density at radius 3 is 0.940 bits per heavy atom. The number of hydrogen-bond donors (Lipinski definition) is 0. The van der Waals surface area contributed by atoms with E-state index in [1.807, 2.05) is 0 Å². The quantitative estimate of drug-likeness (QED) is 0.0273. The molecule has 1 aliphatic rings. The van der Waals surface area contributed by atoms with E-state index in [0.29, 0.717) is 0 Å². The van der Waals surface area contributed by atoms with Crippen molar-refractivity contribution in [3.63, 3.8) is 0 Å². The second-order valence-electron chi connectivity index (χ2n) is 25.2. The van der Waals surface area contributed by atoms with E-state index in [2.05, 4.69) is 124 Å². The molecule has 0 radical (unpaired) electrons. The van der Waals surface area contributed by atoms with Crippen molar-refractivity contribution < 1.29 is 19.1 Å².